The number of halogens is 1. The molecule has 1 aromatic heterocycles. The van der Waals surface area contributed by atoms with Gasteiger partial charge in [-0.05, 0) is 30.4 Å². The number of benzene rings is 1. The summed E-state index contributed by atoms with van der Waals surface area (Å²) in [5.41, 5.74) is 1.10. The van der Waals surface area contributed by atoms with E-state index in [4.69, 9.17) is 0 Å². The SMILES string of the molecule is CSc1cc(NCCc2ccc(F)cc2)ncn1. The minimum atomic E-state index is -0.202. The molecule has 18 heavy (non-hydrogen) atoms. The van der Waals surface area contributed by atoms with Crippen molar-refractivity contribution in [1.29, 1.82) is 0 Å². The number of anilines is 1. The summed E-state index contributed by atoms with van der Waals surface area (Å²) >= 11 is 1.58. The van der Waals surface area contributed by atoms with Gasteiger partial charge in [-0.1, -0.05) is 12.1 Å². The summed E-state index contributed by atoms with van der Waals surface area (Å²) in [5.74, 6) is 0.614. The molecule has 0 radical (unpaired) electrons. The van der Waals surface area contributed by atoms with Gasteiger partial charge in [-0.3, -0.25) is 0 Å². The van der Waals surface area contributed by atoms with Crippen molar-refractivity contribution < 1.29 is 4.39 Å². The number of nitrogens with zero attached hydrogens (tertiary/aromatic N) is 2. The van der Waals surface area contributed by atoms with Crippen LogP contribution < -0.4 is 5.32 Å². The highest BCUT2D eigenvalue weighted by atomic mass is 32.2. The number of nitrogens with one attached hydrogen (secondary N) is 1. The average Bonchev–Trinajstić information content (AvgIpc) is 2.41. The maximum atomic E-state index is 12.7. The highest BCUT2D eigenvalue weighted by Crippen LogP contribution is 2.13. The van der Waals surface area contributed by atoms with Crippen molar-refractivity contribution in [1.82, 2.24) is 9.97 Å². The highest BCUT2D eigenvalue weighted by molar-refractivity contribution is 7.98. The molecule has 1 N–H and O–H groups in total. The Morgan fingerprint density at radius 3 is 2.72 bits per heavy atom. The van der Waals surface area contributed by atoms with Gasteiger partial charge in [0.05, 0.1) is 0 Å². The summed E-state index contributed by atoms with van der Waals surface area (Å²) in [5, 5.41) is 4.16. The summed E-state index contributed by atoms with van der Waals surface area (Å²) in [6.07, 6.45) is 4.36. The van der Waals surface area contributed by atoms with Crippen LogP contribution in [0.1, 0.15) is 5.56 Å². The first kappa shape index (κ1) is 12.8. The predicted octanol–water partition coefficient (Wildman–Crippen LogP) is 2.99. The van der Waals surface area contributed by atoms with E-state index in [1.807, 2.05) is 12.3 Å². The van der Waals surface area contributed by atoms with E-state index in [0.717, 1.165) is 29.4 Å². The smallest absolute Gasteiger partial charge is 0.130 e. The van der Waals surface area contributed by atoms with Crippen molar-refractivity contribution in [2.45, 2.75) is 11.4 Å². The monoisotopic (exact) mass is 263 g/mol. The molecular weight excluding hydrogens is 249 g/mol. The maximum Gasteiger partial charge on any atom is 0.130 e. The zero-order chi connectivity index (χ0) is 12.8. The van der Waals surface area contributed by atoms with Crippen LogP contribution in [-0.4, -0.2) is 22.8 Å². The lowest BCUT2D eigenvalue weighted by Gasteiger charge is -2.06. The molecule has 0 aliphatic heterocycles. The third-order valence-corrected chi connectivity index (χ3v) is 3.13. The van der Waals surface area contributed by atoms with Crippen molar-refractivity contribution in [3.63, 3.8) is 0 Å². The molecule has 1 aromatic carbocycles. The average molecular weight is 263 g/mol. The van der Waals surface area contributed by atoms with Gasteiger partial charge in [0, 0.05) is 12.6 Å². The summed E-state index contributed by atoms with van der Waals surface area (Å²) in [4.78, 5) is 8.24. The molecule has 0 saturated heterocycles. The Kier molecular flexibility index (Phi) is 4.52. The Hall–Kier alpha value is -1.62. The van der Waals surface area contributed by atoms with Crippen molar-refractivity contribution in [3.05, 3.63) is 48.0 Å². The van der Waals surface area contributed by atoms with Crippen LogP contribution in [0.25, 0.3) is 0 Å². The second-order valence-electron chi connectivity index (χ2n) is 3.75. The molecule has 0 saturated carbocycles. The van der Waals surface area contributed by atoms with Crippen LogP contribution in [0.4, 0.5) is 10.2 Å². The molecule has 3 nitrogen and oxygen atoms in total. The molecule has 0 fully saturated rings. The molecule has 0 spiro atoms. The van der Waals surface area contributed by atoms with Crippen molar-refractivity contribution in [2.24, 2.45) is 0 Å². The van der Waals surface area contributed by atoms with Crippen LogP contribution in [-0.2, 0) is 6.42 Å². The third kappa shape index (κ3) is 3.70. The Morgan fingerprint density at radius 1 is 1.22 bits per heavy atom. The van der Waals surface area contributed by atoms with E-state index < -0.39 is 0 Å². The van der Waals surface area contributed by atoms with Crippen LogP contribution >= 0.6 is 11.8 Å². The molecule has 0 aliphatic carbocycles. The second kappa shape index (κ2) is 6.35. The Labute approximate surface area is 110 Å². The molecule has 0 bridgehead atoms. The van der Waals surface area contributed by atoms with E-state index in [2.05, 4.69) is 15.3 Å². The minimum Gasteiger partial charge on any atom is -0.370 e. The zero-order valence-electron chi connectivity index (χ0n) is 10.1. The largest absolute Gasteiger partial charge is 0.370 e. The molecule has 0 atom stereocenters. The van der Waals surface area contributed by atoms with Crippen LogP contribution in [0, 0.1) is 5.82 Å². The fourth-order valence-electron chi connectivity index (χ4n) is 1.53. The summed E-state index contributed by atoms with van der Waals surface area (Å²) < 4.78 is 12.7. The highest BCUT2D eigenvalue weighted by Gasteiger charge is 1.98. The van der Waals surface area contributed by atoms with E-state index in [-0.39, 0.29) is 5.82 Å². The van der Waals surface area contributed by atoms with Gasteiger partial charge in [0.25, 0.3) is 0 Å². The second-order valence-corrected chi connectivity index (χ2v) is 4.58. The molecule has 1 heterocycles. The zero-order valence-corrected chi connectivity index (χ0v) is 10.9. The molecule has 2 aromatic rings. The summed E-state index contributed by atoms with van der Waals surface area (Å²) in [6.45, 7) is 0.760. The van der Waals surface area contributed by atoms with Gasteiger partial charge in [0.2, 0.25) is 0 Å². The summed E-state index contributed by atoms with van der Waals surface area (Å²) in [6, 6.07) is 8.46. The fourth-order valence-corrected chi connectivity index (χ4v) is 1.92. The Bertz CT molecular complexity index is 502. The van der Waals surface area contributed by atoms with E-state index >= 15 is 0 Å². The van der Waals surface area contributed by atoms with Gasteiger partial charge in [-0.2, -0.15) is 0 Å². The number of hydrogen-bond donors (Lipinski definition) is 1. The molecule has 0 amide bonds. The maximum absolute atomic E-state index is 12.7. The Balaban J connectivity index is 1.86. The summed E-state index contributed by atoms with van der Waals surface area (Å²) in [7, 11) is 0. The van der Waals surface area contributed by atoms with E-state index in [1.165, 1.54) is 12.1 Å². The number of aromatic nitrogens is 2. The van der Waals surface area contributed by atoms with Gasteiger partial charge >= 0.3 is 0 Å². The first-order chi connectivity index (χ1) is 8.78. The quantitative estimate of drug-likeness (QED) is 0.665. The van der Waals surface area contributed by atoms with E-state index in [0.29, 0.717) is 0 Å². The normalized spacial score (nSPS) is 10.3. The van der Waals surface area contributed by atoms with Gasteiger partial charge in [0.15, 0.2) is 0 Å². The van der Waals surface area contributed by atoms with Crippen molar-refractivity contribution in [2.75, 3.05) is 18.1 Å². The van der Waals surface area contributed by atoms with Crippen LogP contribution in [0.5, 0.6) is 0 Å². The van der Waals surface area contributed by atoms with Gasteiger partial charge in [0.1, 0.15) is 23.0 Å². The minimum absolute atomic E-state index is 0.202. The van der Waals surface area contributed by atoms with Crippen molar-refractivity contribution >= 4 is 17.6 Å². The first-order valence-corrected chi connectivity index (χ1v) is 6.85. The van der Waals surface area contributed by atoms with Gasteiger partial charge in [-0.25, -0.2) is 14.4 Å². The fraction of sp³-hybridized carbons (Fsp3) is 0.231. The standard InChI is InChI=1S/C13H14FN3S/c1-18-13-8-12(16-9-17-13)15-7-6-10-2-4-11(14)5-3-10/h2-5,8-9H,6-7H2,1H3,(H,15,16,17). The molecule has 0 aliphatic rings. The van der Waals surface area contributed by atoms with Crippen LogP contribution in [0.3, 0.4) is 0 Å². The third-order valence-electron chi connectivity index (χ3n) is 2.48. The van der Waals surface area contributed by atoms with Crippen molar-refractivity contribution in [3.8, 4) is 0 Å². The Morgan fingerprint density at radius 2 is 2.00 bits per heavy atom. The number of thioether (sulfide) groups is 1. The molecule has 94 valence electrons. The van der Waals surface area contributed by atoms with E-state index in [9.17, 15) is 4.39 Å². The molecular formula is C13H14FN3S. The molecule has 0 unspecified atom stereocenters. The topological polar surface area (TPSA) is 37.8 Å². The van der Waals surface area contributed by atoms with Crippen LogP contribution in [0.15, 0.2) is 41.7 Å². The lowest BCUT2D eigenvalue weighted by molar-refractivity contribution is 0.627. The molecule has 2 rings (SSSR count). The predicted molar refractivity (Wildman–Crippen MR) is 72.4 cm³/mol. The number of hydrogen-bond acceptors (Lipinski definition) is 4. The van der Waals surface area contributed by atoms with E-state index in [1.54, 1.807) is 30.2 Å². The van der Waals surface area contributed by atoms with Crippen LogP contribution in [0.2, 0.25) is 0 Å². The molecule has 5 heteroatoms. The lowest BCUT2D eigenvalue weighted by atomic mass is 10.1. The first-order valence-electron chi connectivity index (χ1n) is 5.62. The lowest BCUT2D eigenvalue weighted by Crippen LogP contribution is -2.06. The van der Waals surface area contributed by atoms with Gasteiger partial charge < -0.3 is 5.32 Å². The number of rotatable bonds is 5. The van der Waals surface area contributed by atoms with Gasteiger partial charge in [-0.15, -0.1) is 11.8 Å².